The standard InChI is InChI=1S/C12H10N4O/c17-11-7-6-10-12(14-8-13-10)16(15-11)9-4-2-1-3-5-9/h1-6,8H,7H2,(H,15,17). The molecule has 2 aliphatic rings. The van der Waals surface area contributed by atoms with Crippen LogP contribution in [0.3, 0.4) is 0 Å². The smallest absolute Gasteiger partial charge is 0.242 e. The Morgan fingerprint density at radius 1 is 1.24 bits per heavy atom. The molecule has 1 amide bonds. The highest BCUT2D eigenvalue weighted by atomic mass is 16.2. The van der Waals surface area contributed by atoms with E-state index < -0.39 is 0 Å². The first-order valence-corrected chi connectivity index (χ1v) is 5.30. The number of nitrogens with zero attached hydrogens (tertiary/aromatic N) is 3. The fourth-order valence-corrected chi connectivity index (χ4v) is 1.76. The molecule has 1 aromatic carbocycles. The van der Waals surface area contributed by atoms with Gasteiger partial charge in [-0.3, -0.25) is 10.2 Å². The summed E-state index contributed by atoms with van der Waals surface area (Å²) >= 11 is 0. The zero-order chi connectivity index (χ0) is 11.7. The van der Waals surface area contributed by atoms with E-state index in [9.17, 15) is 4.79 Å². The van der Waals surface area contributed by atoms with Gasteiger partial charge in [0.25, 0.3) is 0 Å². The number of para-hydroxylation sites is 1. The van der Waals surface area contributed by atoms with Crippen molar-refractivity contribution in [3.8, 4) is 0 Å². The lowest BCUT2D eigenvalue weighted by atomic mass is 10.3. The highest BCUT2D eigenvalue weighted by Crippen LogP contribution is 2.20. The number of carbonyl (C=O) groups excluding carboxylic acids is 1. The van der Waals surface area contributed by atoms with E-state index >= 15 is 0 Å². The number of rotatable bonds is 1. The predicted octanol–water partition coefficient (Wildman–Crippen LogP) is 1.25. The lowest BCUT2D eigenvalue weighted by Crippen LogP contribution is -2.45. The fraction of sp³-hybridized carbons (Fsp3) is 0.0833. The Balaban J connectivity index is 2.04. The van der Waals surface area contributed by atoms with E-state index in [0.29, 0.717) is 12.3 Å². The molecule has 0 atom stereocenters. The number of carbonyl (C=O) groups is 1. The second kappa shape index (κ2) is 3.86. The minimum Gasteiger partial charge on any atom is -0.273 e. The van der Waals surface area contributed by atoms with Gasteiger partial charge in [-0.25, -0.2) is 15.0 Å². The third-order valence-electron chi connectivity index (χ3n) is 2.55. The maximum absolute atomic E-state index is 11.6. The molecule has 0 fully saturated rings. The Bertz CT molecular complexity index is 545. The highest BCUT2D eigenvalue weighted by Gasteiger charge is 2.24. The van der Waals surface area contributed by atoms with Gasteiger partial charge in [0.2, 0.25) is 5.91 Å². The lowest BCUT2D eigenvalue weighted by molar-refractivity contribution is -0.120. The average Bonchev–Trinajstić information content (AvgIpc) is 2.77. The van der Waals surface area contributed by atoms with Gasteiger partial charge in [0.05, 0.1) is 5.69 Å². The molecule has 0 bridgehead atoms. The van der Waals surface area contributed by atoms with Crippen LogP contribution in [0.4, 0.5) is 5.69 Å². The van der Waals surface area contributed by atoms with Gasteiger partial charge in [0.15, 0.2) is 5.84 Å². The summed E-state index contributed by atoms with van der Waals surface area (Å²) in [6.45, 7) is 0. The average molecular weight is 226 g/mol. The Kier molecular flexibility index (Phi) is 2.22. The summed E-state index contributed by atoms with van der Waals surface area (Å²) in [6, 6.07) is 9.55. The molecule has 5 heteroatoms. The number of hydrogen-bond donors (Lipinski definition) is 1. The lowest BCUT2D eigenvalue weighted by Gasteiger charge is -2.23. The van der Waals surface area contributed by atoms with Crippen LogP contribution in [0.1, 0.15) is 6.42 Å². The third-order valence-corrected chi connectivity index (χ3v) is 2.55. The number of amides is 1. The van der Waals surface area contributed by atoms with Gasteiger partial charge < -0.3 is 0 Å². The quantitative estimate of drug-likeness (QED) is 0.783. The molecule has 2 heterocycles. The van der Waals surface area contributed by atoms with Crippen LogP contribution in [0.15, 0.2) is 52.1 Å². The van der Waals surface area contributed by atoms with Crippen molar-refractivity contribution in [1.82, 2.24) is 5.43 Å². The zero-order valence-corrected chi connectivity index (χ0v) is 9.00. The molecule has 84 valence electrons. The molecule has 0 unspecified atom stereocenters. The Labute approximate surface area is 98.2 Å². The molecular weight excluding hydrogens is 216 g/mol. The zero-order valence-electron chi connectivity index (χ0n) is 9.00. The number of hydrogen-bond acceptors (Lipinski definition) is 4. The summed E-state index contributed by atoms with van der Waals surface area (Å²) in [6.07, 6.45) is 3.59. The van der Waals surface area contributed by atoms with Crippen molar-refractivity contribution >= 4 is 23.8 Å². The van der Waals surface area contributed by atoms with Crippen LogP contribution >= 0.6 is 0 Å². The van der Waals surface area contributed by atoms with Gasteiger partial charge in [-0.05, 0) is 18.2 Å². The molecule has 1 N–H and O–H groups in total. The van der Waals surface area contributed by atoms with Crippen molar-refractivity contribution < 1.29 is 4.79 Å². The van der Waals surface area contributed by atoms with E-state index in [0.717, 1.165) is 11.4 Å². The van der Waals surface area contributed by atoms with Crippen LogP contribution in [-0.4, -0.2) is 18.1 Å². The molecule has 0 aliphatic carbocycles. The summed E-state index contributed by atoms with van der Waals surface area (Å²) in [5, 5.41) is 1.66. The fourth-order valence-electron chi connectivity index (χ4n) is 1.76. The third kappa shape index (κ3) is 1.71. The molecule has 0 saturated carbocycles. The summed E-state index contributed by atoms with van der Waals surface area (Å²) in [5.74, 6) is 0.579. The molecule has 0 aromatic heterocycles. The van der Waals surface area contributed by atoms with Crippen LogP contribution in [-0.2, 0) is 4.79 Å². The number of aliphatic imine (C=N–C) groups is 2. The van der Waals surface area contributed by atoms with E-state index in [1.165, 1.54) is 6.34 Å². The minimum absolute atomic E-state index is 0.0753. The van der Waals surface area contributed by atoms with Crippen molar-refractivity contribution in [2.75, 3.05) is 5.01 Å². The molecule has 0 spiro atoms. The van der Waals surface area contributed by atoms with Crippen molar-refractivity contribution in [3.05, 3.63) is 42.1 Å². The van der Waals surface area contributed by atoms with Crippen LogP contribution in [0, 0.1) is 0 Å². The number of fused-ring (bicyclic) bond motifs is 1. The number of benzene rings is 1. The first kappa shape index (κ1) is 9.77. The van der Waals surface area contributed by atoms with Crippen molar-refractivity contribution in [2.45, 2.75) is 6.42 Å². The normalized spacial score (nSPS) is 18.1. The maximum atomic E-state index is 11.6. The summed E-state index contributed by atoms with van der Waals surface area (Å²) in [5.41, 5.74) is 4.39. The van der Waals surface area contributed by atoms with Gasteiger partial charge in [0, 0.05) is 6.42 Å². The van der Waals surface area contributed by atoms with Crippen molar-refractivity contribution in [3.63, 3.8) is 0 Å². The molecule has 2 aliphatic heterocycles. The molecule has 5 nitrogen and oxygen atoms in total. The van der Waals surface area contributed by atoms with Gasteiger partial charge in [-0.15, -0.1) is 0 Å². The van der Waals surface area contributed by atoms with Crippen LogP contribution in [0.25, 0.3) is 0 Å². The minimum atomic E-state index is -0.0753. The van der Waals surface area contributed by atoms with Gasteiger partial charge in [-0.1, -0.05) is 18.2 Å². The van der Waals surface area contributed by atoms with Crippen molar-refractivity contribution in [1.29, 1.82) is 0 Å². The second-order valence-corrected chi connectivity index (χ2v) is 3.70. The number of nitrogens with one attached hydrogen (secondary N) is 1. The van der Waals surface area contributed by atoms with Crippen LogP contribution in [0.2, 0.25) is 0 Å². The number of amidine groups is 1. The Morgan fingerprint density at radius 2 is 2.06 bits per heavy atom. The number of hydrazine groups is 1. The van der Waals surface area contributed by atoms with E-state index in [4.69, 9.17) is 0 Å². The van der Waals surface area contributed by atoms with E-state index in [-0.39, 0.29) is 5.91 Å². The van der Waals surface area contributed by atoms with Crippen molar-refractivity contribution in [2.24, 2.45) is 9.98 Å². The van der Waals surface area contributed by atoms with Crippen LogP contribution in [0.5, 0.6) is 0 Å². The summed E-state index contributed by atoms with van der Waals surface area (Å²) in [4.78, 5) is 19.9. The van der Waals surface area contributed by atoms with E-state index in [2.05, 4.69) is 15.4 Å². The monoisotopic (exact) mass is 226 g/mol. The summed E-state index contributed by atoms with van der Waals surface area (Å²) in [7, 11) is 0. The first-order chi connectivity index (χ1) is 8.34. The first-order valence-electron chi connectivity index (χ1n) is 5.30. The molecule has 17 heavy (non-hydrogen) atoms. The van der Waals surface area contributed by atoms with E-state index in [1.54, 1.807) is 11.1 Å². The second-order valence-electron chi connectivity index (χ2n) is 3.70. The van der Waals surface area contributed by atoms with Crippen LogP contribution < -0.4 is 10.4 Å². The van der Waals surface area contributed by atoms with Gasteiger partial charge in [0.1, 0.15) is 12.0 Å². The molecule has 0 saturated heterocycles. The van der Waals surface area contributed by atoms with Gasteiger partial charge >= 0.3 is 0 Å². The predicted molar refractivity (Wildman–Crippen MR) is 65.7 cm³/mol. The highest BCUT2D eigenvalue weighted by molar-refractivity contribution is 6.16. The topological polar surface area (TPSA) is 57.1 Å². The maximum Gasteiger partial charge on any atom is 0.242 e. The Morgan fingerprint density at radius 3 is 2.88 bits per heavy atom. The molecule has 0 radical (unpaired) electrons. The Hall–Kier alpha value is -2.43. The molecule has 3 rings (SSSR count). The molecular formula is C12H10N4O. The SMILES string of the molecule is O=C1CC=C2N=CN=C2N(c2ccccc2)N1. The molecule has 1 aromatic rings. The largest absolute Gasteiger partial charge is 0.273 e. The van der Waals surface area contributed by atoms with E-state index in [1.807, 2.05) is 30.3 Å². The van der Waals surface area contributed by atoms with Gasteiger partial charge in [-0.2, -0.15) is 0 Å². The summed E-state index contributed by atoms with van der Waals surface area (Å²) < 4.78 is 0. The number of anilines is 1.